The smallest absolute Gasteiger partial charge is 0.330 e. The van der Waals surface area contributed by atoms with Gasteiger partial charge < -0.3 is 4.74 Å². The molecule has 0 saturated carbocycles. The maximum absolute atomic E-state index is 12.4. The molecule has 1 aromatic heterocycles. The zero-order valence-electron chi connectivity index (χ0n) is 9.07. The summed E-state index contributed by atoms with van der Waals surface area (Å²) >= 11 is 0. The predicted molar refractivity (Wildman–Crippen MR) is 52.9 cm³/mol. The Bertz CT molecular complexity index is 400. The van der Waals surface area contributed by atoms with Crippen LogP contribution in [-0.2, 0) is 9.53 Å². The molecule has 0 aliphatic rings. The zero-order chi connectivity index (χ0) is 12.8. The molecule has 1 atom stereocenters. The molecule has 7 heteroatoms. The molecule has 0 spiro atoms. The third-order valence-electron chi connectivity index (χ3n) is 2.03. The molecule has 1 unspecified atom stereocenters. The fourth-order valence-corrected chi connectivity index (χ4v) is 1.07. The molecule has 0 aromatic carbocycles. The Balaban J connectivity index is 2.38. The van der Waals surface area contributed by atoms with Crippen LogP contribution < -0.4 is 0 Å². The molecule has 1 heterocycles. The molecule has 0 N–H and O–H groups in total. The first-order chi connectivity index (χ1) is 8.02. The first kappa shape index (κ1) is 13.3. The molecule has 1 rings (SSSR count). The first-order valence-electron chi connectivity index (χ1n) is 4.87. The van der Waals surface area contributed by atoms with Crippen LogP contribution in [-0.4, -0.2) is 22.4 Å². The number of carbonyl (C=O) groups is 1. The Morgan fingerprint density at radius 3 is 2.71 bits per heavy atom. The van der Waals surface area contributed by atoms with E-state index in [0.717, 1.165) is 0 Å². The number of nitrogens with zero attached hydrogens (tertiary/aromatic N) is 2. The molecule has 0 aliphatic carbocycles. The molecule has 17 heavy (non-hydrogen) atoms. The molecule has 0 aliphatic heterocycles. The molecule has 0 saturated heterocycles. The summed E-state index contributed by atoms with van der Waals surface area (Å²) in [6.07, 6.45) is 0.0410. The van der Waals surface area contributed by atoms with Gasteiger partial charge in [0, 0.05) is 18.8 Å². The van der Waals surface area contributed by atoms with Gasteiger partial charge in [-0.3, -0.25) is 4.68 Å². The molecule has 0 amide bonds. The lowest BCUT2D eigenvalue weighted by Crippen LogP contribution is -2.20. The van der Waals surface area contributed by atoms with Gasteiger partial charge in [0.2, 0.25) is 0 Å². The van der Waals surface area contributed by atoms with Gasteiger partial charge in [-0.05, 0) is 13.0 Å². The molecule has 4 nitrogen and oxygen atoms in total. The molecule has 0 bridgehead atoms. The summed E-state index contributed by atoms with van der Waals surface area (Å²) < 4.78 is 41.7. The van der Waals surface area contributed by atoms with Crippen LogP contribution in [0.25, 0.3) is 0 Å². The van der Waals surface area contributed by atoms with Crippen molar-refractivity contribution in [1.29, 1.82) is 0 Å². The van der Waals surface area contributed by atoms with E-state index in [-0.39, 0.29) is 0 Å². The van der Waals surface area contributed by atoms with Crippen LogP contribution in [0.5, 0.6) is 0 Å². The van der Waals surface area contributed by atoms with E-state index in [1.807, 2.05) is 0 Å². The van der Waals surface area contributed by atoms with Gasteiger partial charge in [0.25, 0.3) is 0 Å². The van der Waals surface area contributed by atoms with Gasteiger partial charge in [-0.25, -0.2) is 9.18 Å². The minimum Gasteiger partial charge on any atom is -0.464 e. The highest BCUT2D eigenvalue weighted by Crippen LogP contribution is 2.13. The lowest BCUT2D eigenvalue weighted by Gasteiger charge is -2.11. The number of halogens is 3. The van der Waals surface area contributed by atoms with E-state index >= 15 is 0 Å². The minimum absolute atomic E-state index is 0.423. The summed E-state index contributed by atoms with van der Waals surface area (Å²) in [6, 6.07) is 0.956. The Morgan fingerprint density at radius 1 is 1.47 bits per heavy atom. The van der Waals surface area contributed by atoms with Gasteiger partial charge in [-0.2, -0.15) is 13.9 Å². The van der Waals surface area contributed by atoms with Crippen LogP contribution in [0.4, 0.5) is 13.2 Å². The van der Waals surface area contributed by atoms with E-state index in [9.17, 15) is 18.0 Å². The highest BCUT2D eigenvalue weighted by atomic mass is 19.3. The Kier molecular flexibility index (Phi) is 4.74. The van der Waals surface area contributed by atoms with Gasteiger partial charge in [0.05, 0.1) is 6.61 Å². The second-order valence-electron chi connectivity index (χ2n) is 3.24. The first-order valence-corrected chi connectivity index (χ1v) is 4.87. The van der Waals surface area contributed by atoms with Gasteiger partial charge in [0.1, 0.15) is 6.04 Å². The van der Waals surface area contributed by atoms with E-state index in [4.69, 9.17) is 0 Å². The van der Waals surface area contributed by atoms with Crippen LogP contribution in [0, 0.1) is 0 Å². The zero-order valence-corrected chi connectivity index (χ0v) is 9.07. The summed E-state index contributed by atoms with van der Waals surface area (Å²) in [4.78, 5) is 11.4. The van der Waals surface area contributed by atoms with Crippen molar-refractivity contribution < 1.29 is 22.7 Å². The molecule has 1 aromatic rings. The number of carbonyl (C=O) groups excluding carboxylic acids is 1. The second-order valence-corrected chi connectivity index (χ2v) is 3.24. The Labute approximate surface area is 95.7 Å². The van der Waals surface area contributed by atoms with Crippen LogP contribution in [0.3, 0.4) is 0 Å². The maximum atomic E-state index is 12.4. The average molecular weight is 248 g/mol. The van der Waals surface area contributed by atoms with Crippen molar-refractivity contribution in [1.82, 2.24) is 9.78 Å². The van der Waals surface area contributed by atoms with Crippen molar-refractivity contribution in [2.75, 3.05) is 6.61 Å². The largest absolute Gasteiger partial charge is 0.464 e. The van der Waals surface area contributed by atoms with Crippen LogP contribution in [0.15, 0.2) is 30.4 Å². The number of ether oxygens (including phenoxy) is 1. The fourth-order valence-electron chi connectivity index (χ4n) is 1.07. The summed E-state index contributed by atoms with van der Waals surface area (Å²) in [5.41, 5.74) is 0. The summed E-state index contributed by atoms with van der Waals surface area (Å²) in [6.45, 7) is 1.12. The van der Waals surface area contributed by atoms with E-state index in [1.165, 1.54) is 17.8 Å². The van der Waals surface area contributed by atoms with Gasteiger partial charge in [-0.15, -0.1) is 0 Å². The Morgan fingerprint density at radius 2 is 2.18 bits per heavy atom. The van der Waals surface area contributed by atoms with E-state index in [0.29, 0.717) is 0 Å². The van der Waals surface area contributed by atoms with Crippen molar-refractivity contribution in [3.63, 3.8) is 0 Å². The number of hydrogen-bond donors (Lipinski definition) is 0. The number of esters is 1. The van der Waals surface area contributed by atoms with Crippen molar-refractivity contribution >= 4 is 5.97 Å². The SMILES string of the molecule is CC(C(=O)OCCC(F)=C(F)F)n1cccn1. The topological polar surface area (TPSA) is 44.1 Å². The number of hydrogen-bond acceptors (Lipinski definition) is 3. The van der Waals surface area contributed by atoms with Crippen molar-refractivity contribution in [3.05, 3.63) is 30.4 Å². The van der Waals surface area contributed by atoms with Gasteiger partial charge >= 0.3 is 12.0 Å². The van der Waals surface area contributed by atoms with E-state index < -0.39 is 36.9 Å². The molecular formula is C10H11F3N2O2. The number of rotatable bonds is 5. The van der Waals surface area contributed by atoms with Crippen LogP contribution >= 0.6 is 0 Å². The summed E-state index contributed by atoms with van der Waals surface area (Å²) in [7, 11) is 0. The van der Waals surface area contributed by atoms with E-state index in [1.54, 1.807) is 12.3 Å². The second kappa shape index (κ2) is 6.07. The molecular weight excluding hydrogens is 237 g/mol. The average Bonchev–Trinajstić information content (AvgIpc) is 2.80. The predicted octanol–water partition coefficient (Wildman–Crippen LogP) is 2.46. The maximum Gasteiger partial charge on any atom is 0.330 e. The lowest BCUT2D eigenvalue weighted by molar-refractivity contribution is -0.147. The quantitative estimate of drug-likeness (QED) is 0.752. The third-order valence-corrected chi connectivity index (χ3v) is 2.03. The van der Waals surface area contributed by atoms with Crippen molar-refractivity contribution in [2.45, 2.75) is 19.4 Å². The fraction of sp³-hybridized carbons (Fsp3) is 0.400. The molecule has 0 fully saturated rings. The number of aromatic nitrogens is 2. The van der Waals surface area contributed by atoms with Gasteiger partial charge in [0.15, 0.2) is 5.83 Å². The van der Waals surface area contributed by atoms with Crippen molar-refractivity contribution in [2.24, 2.45) is 0 Å². The van der Waals surface area contributed by atoms with E-state index in [2.05, 4.69) is 9.84 Å². The highest BCUT2D eigenvalue weighted by molar-refractivity contribution is 5.73. The summed E-state index contributed by atoms with van der Waals surface area (Å²) in [5, 5.41) is 3.82. The lowest BCUT2D eigenvalue weighted by atomic mass is 10.3. The van der Waals surface area contributed by atoms with Crippen LogP contribution in [0.1, 0.15) is 19.4 Å². The normalized spacial score (nSPS) is 12.0. The third kappa shape index (κ3) is 3.93. The van der Waals surface area contributed by atoms with Crippen LogP contribution in [0.2, 0.25) is 0 Å². The summed E-state index contributed by atoms with van der Waals surface area (Å²) in [5.74, 6) is -2.22. The Hall–Kier alpha value is -1.79. The monoisotopic (exact) mass is 248 g/mol. The highest BCUT2D eigenvalue weighted by Gasteiger charge is 2.16. The molecule has 0 radical (unpaired) electrons. The van der Waals surface area contributed by atoms with Crippen molar-refractivity contribution in [3.8, 4) is 0 Å². The molecule has 94 valence electrons. The minimum atomic E-state index is -2.39. The standard InChI is InChI=1S/C10H11F3N2O2/c1-7(15-5-2-4-14-15)10(16)17-6-3-8(11)9(12)13/h2,4-5,7H,3,6H2,1H3. The van der Waals surface area contributed by atoms with Gasteiger partial charge in [-0.1, -0.05) is 0 Å².